The molecule has 0 saturated heterocycles. The number of carbonyl (C=O) groups excluding carboxylic acids is 1. The highest BCUT2D eigenvalue weighted by atomic mass is 32.1. The first-order chi connectivity index (χ1) is 14.0. The number of hydrogen-bond acceptors (Lipinski definition) is 5. The first-order valence-electron chi connectivity index (χ1n) is 9.35. The van der Waals surface area contributed by atoms with Crippen molar-refractivity contribution in [3.05, 3.63) is 82.9 Å². The smallest absolute Gasteiger partial charge is 0.262 e. The highest BCUT2D eigenvalue weighted by Crippen LogP contribution is 2.30. The third-order valence-electron chi connectivity index (χ3n) is 4.44. The second-order valence-corrected chi connectivity index (χ2v) is 8.02. The van der Waals surface area contributed by atoms with Crippen molar-refractivity contribution in [2.24, 2.45) is 0 Å². The Morgan fingerprint density at radius 3 is 2.52 bits per heavy atom. The molecule has 0 amide bonds. The van der Waals surface area contributed by atoms with Crippen LogP contribution in [0.3, 0.4) is 0 Å². The average Bonchev–Trinajstić information content (AvgIpc) is 3.16. The van der Waals surface area contributed by atoms with E-state index in [0.29, 0.717) is 21.5 Å². The molecule has 6 heteroatoms. The van der Waals surface area contributed by atoms with Gasteiger partial charge in [-0.3, -0.25) is 14.2 Å². The maximum Gasteiger partial charge on any atom is 0.262 e. The number of rotatable bonds is 6. The maximum absolute atomic E-state index is 12.9. The third kappa shape index (κ3) is 4.12. The van der Waals surface area contributed by atoms with E-state index in [-0.39, 0.29) is 24.0 Å². The zero-order chi connectivity index (χ0) is 20.4. The van der Waals surface area contributed by atoms with E-state index < -0.39 is 0 Å². The predicted molar refractivity (Wildman–Crippen MR) is 116 cm³/mol. The molecule has 146 valence electrons. The van der Waals surface area contributed by atoms with Gasteiger partial charge < -0.3 is 4.74 Å². The Kier molecular flexibility index (Phi) is 5.27. The summed E-state index contributed by atoms with van der Waals surface area (Å²) in [7, 11) is 0. The van der Waals surface area contributed by atoms with Gasteiger partial charge in [0, 0.05) is 10.4 Å². The van der Waals surface area contributed by atoms with Crippen molar-refractivity contribution in [2.75, 3.05) is 0 Å². The molecule has 0 spiro atoms. The van der Waals surface area contributed by atoms with E-state index in [2.05, 4.69) is 4.98 Å². The molecule has 5 nitrogen and oxygen atoms in total. The van der Waals surface area contributed by atoms with Gasteiger partial charge in [-0.25, -0.2) is 4.98 Å². The summed E-state index contributed by atoms with van der Waals surface area (Å²) in [6, 6.07) is 18.7. The molecule has 4 aromatic rings. The summed E-state index contributed by atoms with van der Waals surface area (Å²) in [6.45, 7) is 3.84. The van der Waals surface area contributed by atoms with Crippen LogP contribution in [-0.2, 0) is 6.54 Å². The topological polar surface area (TPSA) is 61.2 Å². The van der Waals surface area contributed by atoms with Crippen LogP contribution in [-0.4, -0.2) is 21.4 Å². The van der Waals surface area contributed by atoms with Crippen molar-refractivity contribution < 1.29 is 9.53 Å². The molecule has 0 radical (unpaired) electrons. The zero-order valence-corrected chi connectivity index (χ0v) is 17.0. The largest absolute Gasteiger partial charge is 0.491 e. The first-order valence-corrected chi connectivity index (χ1v) is 10.2. The Hall–Kier alpha value is -3.25. The summed E-state index contributed by atoms with van der Waals surface area (Å²) in [6.07, 6.45) is 1.52. The van der Waals surface area contributed by atoms with Crippen LogP contribution in [0.5, 0.6) is 5.75 Å². The van der Waals surface area contributed by atoms with Crippen LogP contribution in [0.2, 0.25) is 0 Å². The van der Waals surface area contributed by atoms with Gasteiger partial charge in [0.15, 0.2) is 5.78 Å². The first kappa shape index (κ1) is 19.1. The van der Waals surface area contributed by atoms with E-state index in [1.165, 1.54) is 22.2 Å². The Morgan fingerprint density at radius 2 is 1.83 bits per heavy atom. The minimum Gasteiger partial charge on any atom is -0.491 e. The van der Waals surface area contributed by atoms with E-state index in [9.17, 15) is 9.59 Å². The fourth-order valence-electron chi connectivity index (χ4n) is 3.05. The maximum atomic E-state index is 12.9. The fourth-order valence-corrected chi connectivity index (χ4v) is 4.05. The number of benzene rings is 2. The molecule has 0 aliphatic carbocycles. The van der Waals surface area contributed by atoms with Gasteiger partial charge in [0.25, 0.3) is 5.56 Å². The van der Waals surface area contributed by atoms with Gasteiger partial charge in [-0.15, -0.1) is 11.3 Å². The van der Waals surface area contributed by atoms with Crippen LogP contribution < -0.4 is 10.3 Å². The number of nitrogens with zero attached hydrogens (tertiary/aromatic N) is 2. The lowest BCUT2D eigenvalue weighted by Gasteiger charge is -2.10. The molecule has 0 unspecified atom stereocenters. The molecular formula is C23H20N2O3S. The molecule has 2 heterocycles. The highest BCUT2D eigenvalue weighted by molar-refractivity contribution is 7.21. The van der Waals surface area contributed by atoms with E-state index >= 15 is 0 Å². The number of hydrogen-bond donors (Lipinski definition) is 0. The van der Waals surface area contributed by atoms with Crippen molar-refractivity contribution >= 4 is 27.3 Å². The van der Waals surface area contributed by atoms with Gasteiger partial charge in [-0.1, -0.05) is 30.3 Å². The lowest BCUT2D eigenvalue weighted by atomic mass is 10.1. The van der Waals surface area contributed by atoms with Crippen molar-refractivity contribution in [3.8, 4) is 16.2 Å². The van der Waals surface area contributed by atoms with Gasteiger partial charge in [0.1, 0.15) is 10.6 Å². The number of thiophene rings is 1. The zero-order valence-electron chi connectivity index (χ0n) is 16.2. The fraction of sp³-hybridized carbons (Fsp3) is 0.174. The van der Waals surface area contributed by atoms with Gasteiger partial charge in [0.2, 0.25) is 0 Å². The Bertz CT molecular complexity index is 1210. The van der Waals surface area contributed by atoms with Gasteiger partial charge in [-0.2, -0.15) is 0 Å². The minimum absolute atomic E-state index is 0.0529. The predicted octanol–water partition coefficient (Wildman–Crippen LogP) is 4.80. The van der Waals surface area contributed by atoms with Crippen LogP contribution >= 0.6 is 11.3 Å². The van der Waals surface area contributed by atoms with Gasteiger partial charge in [0.05, 0.1) is 24.4 Å². The average molecular weight is 404 g/mol. The Morgan fingerprint density at radius 1 is 1.10 bits per heavy atom. The summed E-state index contributed by atoms with van der Waals surface area (Å²) in [5.41, 5.74) is 1.37. The monoisotopic (exact) mass is 404 g/mol. The van der Waals surface area contributed by atoms with E-state index in [4.69, 9.17) is 4.74 Å². The van der Waals surface area contributed by atoms with E-state index in [0.717, 1.165) is 10.4 Å². The number of carbonyl (C=O) groups is 1. The third-order valence-corrected chi connectivity index (χ3v) is 5.53. The molecule has 2 aromatic carbocycles. The number of aromatic nitrogens is 2. The van der Waals surface area contributed by atoms with Crippen molar-refractivity contribution in [1.29, 1.82) is 0 Å². The number of fused-ring (bicyclic) bond motifs is 1. The molecule has 0 atom stereocenters. The van der Waals surface area contributed by atoms with E-state index in [1.54, 1.807) is 24.3 Å². The van der Waals surface area contributed by atoms with Crippen molar-refractivity contribution in [1.82, 2.24) is 9.55 Å². The Labute approximate surface area is 172 Å². The molecule has 0 bridgehead atoms. The molecule has 4 rings (SSSR count). The number of ketones is 1. The lowest BCUT2D eigenvalue weighted by molar-refractivity contribution is 0.0970. The molecule has 0 aliphatic heterocycles. The summed E-state index contributed by atoms with van der Waals surface area (Å²) in [5.74, 6) is 0.561. The van der Waals surface area contributed by atoms with Crippen LogP contribution in [0.15, 0.2) is 71.8 Å². The van der Waals surface area contributed by atoms with E-state index in [1.807, 2.05) is 50.2 Å². The molecule has 0 aliphatic rings. The minimum atomic E-state index is -0.207. The lowest BCUT2D eigenvalue weighted by Crippen LogP contribution is -2.24. The molecule has 2 aromatic heterocycles. The van der Waals surface area contributed by atoms with Crippen molar-refractivity contribution in [3.63, 3.8) is 0 Å². The quantitative estimate of drug-likeness (QED) is 0.433. The highest BCUT2D eigenvalue weighted by Gasteiger charge is 2.13. The van der Waals surface area contributed by atoms with Crippen LogP contribution in [0.25, 0.3) is 20.7 Å². The normalized spacial score (nSPS) is 11.1. The molecule has 29 heavy (non-hydrogen) atoms. The summed E-state index contributed by atoms with van der Waals surface area (Å²) < 4.78 is 6.96. The standard InChI is InChI=1S/C23H20N2O3S/c1-15(2)28-18-10-8-16(9-11-18)20(26)13-25-14-24-22-19(23(25)27)12-21(29-22)17-6-4-3-5-7-17/h3-12,14-15H,13H2,1-2H3. The molecular weight excluding hydrogens is 384 g/mol. The SMILES string of the molecule is CC(C)Oc1ccc(C(=O)Cn2cnc3sc(-c4ccccc4)cc3c2=O)cc1. The second kappa shape index (κ2) is 8.01. The van der Waals surface area contributed by atoms with Crippen molar-refractivity contribution in [2.45, 2.75) is 26.5 Å². The number of Topliss-reactive ketones (excluding diaryl/α,β-unsaturated/α-hetero) is 1. The van der Waals surface area contributed by atoms with Gasteiger partial charge >= 0.3 is 0 Å². The van der Waals surface area contributed by atoms with Gasteiger partial charge in [-0.05, 0) is 49.7 Å². The van der Waals surface area contributed by atoms with Crippen LogP contribution in [0, 0.1) is 0 Å². The molecule has 0 saturated carbocycles. The summed E-state index contributed by atoms with van der Waals surface area (Å²) in [4.78, 5) is 31.6. The Balaban J connectivity index is 1.58. The summed E-state index contributed by atoms with van der Waals surface area (Å²) in [5, 5.41) is 0.532. The molecule has 0 fully saturated rings. The second-order valence-electron chi connectivity index (χ2n) is 6.99. The summed E-state index contributed by atoms with van der Waals surface area (Å²) >= 11 is 1.47. The van der Waals surface area contributed by atoms with Crippen LogP contribution in [0.1, 0.15) is 24.2 Å². The van der Waals surface area contributed by atoms with Crippen LogP contribution in [0.4, 0.5) is 0 Å². The molecule has 0 N–H and O–H groups in total. The number of ether oxygens (including phenoxy) is 1.